The lowest BCUT2D eigenvalue weighted by Crippen LogP contribution is -2.49. The first-order valence-corrected chi connectivity index (χ1v) is 16.3. The van der Waals surface area contributed by atoms with Crippen molar-refractivity contribution in [3.8, 4) is 0 Å². The highest BCUT2D eigenvalue weighted by molar-refractivity contribution is 7.89. The molecular weight excluding hydrogens is 552 g/mol. The molecule has 3 aliphatic heterocycles. The summed E-state index contributed by atoms with van der Waals surface area (Å²) in [7, 11) is -0.587. The van der Waals surface area contributed by atoms with Crippen LogP contribution in [0.25, 0.3) is 10.8 Å². The van der Waals surface area contributed by atoms with Gasteiger partial charge in [-0.3, -0.25) is 9.69 Å². The van der Waals surface area contributed by atoms with Gasteiger partial charge >= 0.3 is 0 Å². The molecule has 2 aromatic carbocycles. The van der Waals surface area contributed by atoms with E-state index >= 15 is 0 Å². The number of nitrogens with one attached hydrogen (secondary N) is 1. The predicted molar refractivity (Wildman–Crippen MR) is 167 cm³/mol. The maximum Gasteiger partial charge on any atom is 0.243 e. The number of benzene rings is 2. The third-order valence-electron chi connectivity index (χ3n) is 8.49. The zero-order chi connectivity index (χ0) is 29.3. The lowest BCUT2D eigenvalue weighted by Gasteiger charge is -2.35. The van der Waals surface area contributed by atoms with Gasteiger partial charge in [0.05, 0.1) is 11.4 Å². The van der Waals surface area contributed by atoms with E-state index in [1.54, 1.807) is 18.2 Å². The van der Waals surface area contributed by atoms with Crippen LogP contribution in [0.15, 0.2) is 47.4 Å². The van der Waals surface area contributed by atoms with Gasteiger partial charge in [0.15, 0.2) is 0 Å². The molecule has 11 nitrogen and oxygen atoms in total. The van der Waals surface area contributed by atoms with Gasteiger partial charge in [0.1, 0.15) is 11.6 Å². The van der Waals surface area contributed by atoms with Crippen molar-refractivity contribution in [3.63, 3.8) is 0 Å². The van der Waals surface area contributed by atoms with Crippen LogP contribution < -0.4 is 20.0 Å². The summed E-state index contributed by atoms with van der Waals surface area (Å²) in [6, 6.07) is 12.7. The van der Waals surface area contributed by atoms with Crippen LogP contribution in [0.3, 0.4) is 0 Å². The fourth-order valence-corrected chi connectivity index (χ4v) is 7.16. The Morgan fingerprint density at radius 3 is 1.98 bits per heavy atom. The third kappa shape index (κ3) is 5.88. The smallest absolute Gasteiger partial charge is 0.243 e. The van der Waals surface area contributed by atoms with E-state index in [9.17, 15) is 13.2 Å². The molecule has 42 heavy (non-hydrogen) atoms. The second-order valence-corrected chi connectivity index (χ2v) is 13.6. The number of fused-ring (bicyclic) bond motifs is 1. The first kappa shape index (κ1) is 28.6. The number of amides is 1. The van der Waals surface area contributed by atoms with Gasteiger partial charge in [0, 0.05) is 89.0 Å². The summed E-state index contributed by atoms with van der Waals surface area (Å²) in [6.45, 7) is 7.43. The molecule has 1 N–H and O–H groups in total. The third-order valence-corrected chi connectivity index (χ3v) is 10.4. The number of nitrogens with zero attached hydrogens (tertiary/aromatic N) is 7. The summed E-state index contributed by atoms with van der Waals surface area (Å²) in [6.07, 6.45) is 4.77. The van der Waals surface area contributed by atoms with E-state index in [1.165, 1.54) is 44.1 Å². The number of hydrogen-bond acceptors (Lipinski definition) is 9. The number of rotatable bonds is 8. The van der Waals surface area contributed by atoms with Crippen LogP contribution >= 0.6 is 0 Å². The van der Waals surface area contributed by atoms with Crippen LogP contribution in [0.1, 0.15) is 25.7 Å². The molecule has 3 aromatic rings. The topological polar surface area (TPSA) is 105 Å². The number of sulfonamides is 1. The molecule has 0 saturated carbocycles. The highest BCUT2D eigenvalue weighted by atomic mass is 32.2. The standard InChI is InChI=1S/C30H40N8O3S/c1-34(2)42(40,41)26-12-11-25(23-9-3-4-10-24(23)26)31-29(39)22-35-17-19-37(20-18-35)28-21-27(36-13-5-6-14-36)32-30(33-28)38-15-7-8-16-38/h3-4,9-12,21H,5-8,13-20,22H2,1-2H3,(H,31,39). The van der Waals surface area contributed by atoms with Gasteiger partial charge in [0.2, 0.25) is 21.9 Å². The number of anilines is 4. The summed E-state index contributed by atoms with van der Waals surface area (Å²) in [5, 5.41) is 4.31. The zero-order valence-electron chi connectivity index (χ0n) is 24.5. The average molecular weight is 593 g/mol. The first-order chi connectivity index (χ1) is 20.3. The van der Waals surface area contributed by atoms with Crippen LogP contribution in [0, 0.1) is 0 Å². The Bertz CT molecular complexity index is 1510. The van der Waals surface area contributed by atoms with Crippen molar-refractivity contribution in [3.05, 3.63) is 42.5 Å². The summed E-state index contributed by atoms with van der Waals surface area (Å²) < 4.78 is 26.9. The molecule has 0 atom stereocenters. The van der Waals surface area contributed by atoms with E-state index in [1.807, 2.05) is 18.2 Å². The van der Waals surface area contributed by atoms with Crippen LogP contribution in [0.2, 0.25) is 0 Å². The van der Waals surface area contributed by atoms with Crippen molar-refractivity contribution in [2.45, 2.75) is 30.6 Å². The van der Waals surface area contributed by atoms with E-state index in [2.05, 4.69) is 31.0 Å². The normalized spacial score (nSPS) is 18.4. The largest absolute Gasteiger partial charge is 0.356 e. The SMILES string of the molecule is CN(C)S(=O)(=O)c1ccc(NC(=O)CN2CCN(c3cc(N4CCCC4)nc(N4CCCC4)n3)CC2)c2ccccc12. The second-order valence-electron chi connectivity index (χ2n) is 11.5. The maximum atomic E-state index is 13.1. The highest BCUT2D eigenvalue weighted by Crippen LogP contribution is 2.31. The van der Waals surface area contributed by atoms with Crippen molar-refractivity contribution in [1.82, 2.24) is 19.2 Å². The Morgan fingerprint density at radius 1 is 0.786 bits per heavy atom. The van der Waals surface area contributed by atoms with Gasteiger partial charge in [-0.1, -0.05) is 24.3 Å². The lowest BCUT2D eigenvalue weighted by atomic mass is 10.1. The molecule has 1 aromatic heterocycles. The minimum Gasteiger partial charge on any atom is -0.356 e. The summed E-state index contributed by atoms with van der Waals surface area (Å²) >= 11 is 0. The number of piperazine rings is 1. The number of aromatic nitrogens is 2. The summed E-state index contributed by atoms with van der Waals surface area (Å²) in [5.41, 5.74) is 0.608. The van der Waals surface area contributed by atoms with Gasteiger partial charge in [-0.2, -0.15) is 9.97 Å². The van der Waals surface area contributed by atoms with Crippen molar-refractivity contribution < 1.29 is 13.2 Å². The van der Waals surface area contributed by atoms with Gasteiger partial charge in [-0.25, -0.2) is 12.7 Å². The molecule has 0 aliphatic carbocycles. The van der Waals surface area contributed by atoms with Crippen LogP contribution in [0.4, 0.5) is 23.3 Å². The molecule has 0 bridgehead atoms. The first-order valence-electron chi connectivity index (χ1n) is 14.9. The Balaban J connectivity index is 1.12. The van der Waals surface area contributed by atoms with Gasteiger partial charge < -0.3 is 20.0 Å². The summed E-state index contributed by atoms with van der Waals surface area (Å²) in [5.74, 6) is 2.71. The molecule has 6 rings (SSSR count). The van der Waals surface area contributed by atoms with Gasteiger partial charge in [-0.05, 0) is 37.8 Å². The fourth-order valence-electron chi connectivity index (χ4n) is 6.07. The number of hydrogen-bond donors (Lipinski definition) is 1. The van der Waals surface area contributed by atoms with Crippen LogP contribution in [0.5, 0.6) is 0 Å². The quantitative estimate of drug-likeness (QED) is 0.423. The molecule has 12 heteroatoms. The fraction of sp³-hybridized carbons (Fsp3) is 0.500. The molecule has 3 fully saturated rings. The van der Waals surface area contributed by atoms with E-state index in [0.29, 0.717) is 16.5 Å². The Morgan fingerprint density at radius 2 is 1.36 bits per heavy atom. The Kier molecular flexibility index (Phi) is 8.19. The Labute approximate surface area is 248 Å². The second kappa shape index (κ2) is 12.0. The molecule has 4 heterocycles. The number of carbonyl (C=O) groups is 1. The molecule has 0 spiro atoms. The minimum atomic E-state index is -3.62. The summed E-state index contributed by atoms with van der Waals surface area (Å²) in [4.78, 5) is 32.4. The molecule has 0 unspecified atom stereocenters. The molecule has 0 radical (unpaired) electrons. The highest BCUT2D eigenvalue weighted by Gasteiger charge is 2.26. The molecular formula is C30H40N8O3S. The number of carbonyl (C=O) groups excluding carboxylic acids is 1. The zero-order valence-corrected chi connectivity index (χ0v) is 25.3. The lowest BCUT2D eigenvalue weighted by molar-refractivity contribution is -0.117. The molecule has 3 aliphatic rings. The van der Waals surface area contributed by atoms with Gasteiger partial charge in [0.25, 0.3) is 0 Å². The van der Waals surface area contributed by atoms with Crippen molar-refractivity contribution in [2.75, 3.05) is 93.0 Å². The Hall–Kier alpha value is -3.48. The van der Waals surface area contributed by atoms with E-state index < -0.39 is 10.0 Å². The van der Waals surface area contributed by atoms with Crippen LogP contribution in [-0.2, 0) is 14.8 Å². The minimum absolute atomic E-state index is 0.119. The predicted octanol–water partition coefficient (Wildman–Crippen LogP) is 2.84. The van der Waals surface area contributed by atoms with E-state index in [-0.39, 0.29) is 17.3 Å². The van der Waals surface area contributed by atoms with E-state index in [4.69, 9.17) is 9.97 Å². The van der Waals surface area contributed by atoms with E-state index in [0.717, 1.165) is 69.9 Å². The average Bonchev–Trinajstić information content (AvgIpc) is 3.73. The van der Waals surface area contributed by atoms with Crippen molar-refractivity contribution in [2.24, 2.45) is 0 Å². The molecule has 1 amide bonds. The maximum absolute atomic E-state index is 13.1. The monoisotopic (exact) mass is 592 g/mol. The molecule has 3 saturated heterocycles. The van der Waals surface area contributed by atoms with Crippen molar-refractivity contribution in [1.29, 1.82) is 0 Å². The van der Waals surface area contributed by atoms with Gasteiger partial charge in [-0.15, -0.1) is 0 Å². The van der Waals surface area contributed by atoms with Crippen LogP contribution in [-0.4, -0.2) is 106 Å². The molecule has 224 valence electrons. The van der Waals surface area contributed by atoms with Crippen molar-refractivity contribution >= 4 is 50.0 Å².